The van der Waals surface area contributed by atoms with Crippen LogP contribution in [-0.4, -0.2) is 0 Å². The zero-order valence-corrected chi connectivity index (χ0v) is 9.73. The summed E-state index contributed by atoms with van der Waals surface area (Å²) in [5.41, 5.74) is 8.51. The van der Waals surface area contributed by atoms with Gasteiger partial charge in [0.25, 0.3) is 0 Å². The van der Waals surface area contributed by atoms with Crippen molar-refractivity contribution in [2.75, 3.05) is 0 Å². The molecule has 0 radical (unpaired) electrons. The molecule has 2 heteroatoms. The summed E-state index contributed by atoms with van der Waals surface area (Å²) in [7, 11) is 0. The lowest BCUT2D eigenvalue weighted by atomic mass is 10.0. The molecule has 1 atom stereocenters. The molecule has 2 rings (SSSR count). The standard InChI is InChI=1S/C14H17NO/c1-3-11-8-9-13(16-11)14(15)12-7-5-4-6-10(12)2/h4-9,14H,3,15H2,1-2H3. The minimum atomic E-state index is -0.165. The summed E-state index contributed by atoms with van der Waals surface area (Å²) < 4.78 is 5.68. The van der Waals surface area contributed by atoms with Crippen LogP contribution in [0.15, 0.2) is 40.8 Å². The minimum Gasteiger partial charge on any atom is -0.464 e. The Labute approximate surface area is 96.1 Å². The zero-order valence-electron chi connectivity index (χ0n) is 9.73. The molecule has 2 nitrogen and oxygen atoms in total. The number of aryl methyl sites for hydroxylation is 2. The lowest BCUT2D eigenvalue weighted by Crippen LogP contribution is -2.12. The van der Waals surface area contributed by atoms with Gasteiger partial charge in [0, 0.05) is 6.42 Å². The summed E-state index contributed by atoms with van der Waals surface area (Å²) in [6.45, 7) is 4.14. The SMILES string of the molecule is CCc1ccc(C(N)c2ccccc2C)o1. The average Bonchev–Trinajstić information content (AvgIpc) is 2.77. The molecule has 0 amide bonds. The van der Waals surface area contributed by atoms with Crippen molar-refractivity contribution in [2.45, 2.75) is 26.3 Å². The molecule has 0 aliphatic heterocycles. The lowest BCUT2D eigenvalue weighted by molar-refractivity contribution is 0.453. The second-order valence-corrected chi connectivity index (χ2v) is 3.99. The average molecular weight is 215 g/mol. The van der Waals surface area contributed by atoms with E-state index in [0.717, 1.165) is 23.5 Å². The first-order valence-corrected chi connectivity index (χ1v) is 5.62. The predicted molar refractivity (Wildman–Crippen MR) is 65.3 cm³/mol. The third kappa shape index (κ3) is 2.02. The maximum Gasteiger partial charge on any atom is 0.125 e. The smallest absolute Gasteiger partial charge is 0.125 e. The molecule has 0 saturated heterocycles. The van der Waals surface area contributed by atoms with Crippen LogP contribution in [0.25, 0.3) is 0 Å². The zero-order chi connectivity index (χ0) is 11.5. The highest BCUT2D eigenvalue weighted by Crippen LogP contribution is 2.24. The molecule has 0 bridgehead atoms. The topological polar surface area (TPSA) is 39.2 Å². The van der Waals surface area contributed by atoms with E-state index in [9.17, 15) is 0 Å². The molecule has 0 fully saturated rings. The van der Waals surface area contributed by atoms with Crippen LogP contribution in [0.5, 0.6) is 0 Å². The number of benzene rings is 1. The molecule has 2 aromatic rings. The Balaban J connectivity index is 2.31. The van der Waals surface area contributed by atoms with E-state index < -0.39 is 0 Å². The van der Waals surface area contributed by atoms with Crippen LogP contribution in [0.4, 0.5) is 0 Å². The Kier molecular flexibility index (Phi) is 3.11. The van der Waals surface area contributed by atoms with Gasteiger partial charge in [-0.05, 0) is 30.2 Å². The van der Waals surface area contributed by atoms with Gasteiger partial charge >= 0.3 is 0 Å². The highest BCUT2D eigenvalue weighted by Gasteiger charge is 2.14. The van der Waals surface area contributed by atoms with Crippen LogP contribution < -0.4 is 5.73 Å². The monoisotopic (exact) mass is 215 g/mol. The van der Waals surface area contributed by atoms with E-state index in [4.69, 9.17) is 10.2 Å². The van der Waals surface area contributed by atoms with Crippen molar-refractivity contribution in [3.05, 3.63) is 59.0 Å². The molecule has 16 heavy (non-hydrogen) atoms. The second-order valence-electron chi connectivity index (χ2n) is 3.99. The van der Waals surface area contributed by atoms with Gasteiger partial charge in [-0.3, -0.25) is 0 Å². The molecule has 1 heterocycles. The Morgan fingerprint density at radius 2 is 1.94 bits per heavy atom. The summed E-state index contributed by atoms with van der Waals surface area (Å²) in [6.07, 6.45) is 0.903. The third-order valence-corrected chi connectivity index (χ3v) is 2.86. The van der Waals surface area contributed by atoms with Gasteiger partial charge in [-0.15, -0.1) is 0 Å². The predicted octanol–water partition coefficient (Wildman–Crippen LogP) is 3.20. The summed E-state index contributed by atoms with van der Waals surface area (Å²) in [5.74, 6) is 1.82. The van der Waals surface area contributed by atoms with Crippen molar-refractivity contribution in [1.82, 2.24) is 0 Å². The van der Waals surface area contributed by atoms with Crippen molar-refractivity contribution in [1.29, 1.82) is 0 Å². The number of rotatable bonds is 3. The Hall–Kier alpha value is -1.54. The molecule has 84 valence electrons. The molecule has 2 N–H and O–H groups in total. The Morgan fingerprint density at radius 3 is 2.56 bits per heavy atom. The fraction of sp³-hybridized carbons (Fsp3) is 0.286. The van der Waals surface area contributed by atoms with E-state index in [2.05, 4.69) is 19.9 Å². The molecule has 0 aliphatic carbocycles. The number of hydrogen-bond acceptors (Lipinski definition) is 2. The number of furan rings is 1. The van der Waals surface area contributed by atoms with Crippen molar-refractivity contribution in [3.63, 3.8) is 0 Å². The minimum absolute atomic E-state index is 0.165. The van der Waals surface area contributed by atoms with Gasteiger partial charge in [0.1, 0.15) is 11.5 Å². The quantitative estimate of drug-likeness (QED) is 0.854. The largest absolute Gasteiger partial charge is 0.464 e. The molecule has 1 aromatic carbocycles. The van der Waals surface area contributed by atoms with E-state index in [1.165, 1.54) is 5.56 Å². The van der Waals surface area contributed by atoms with Crippen LogP contribution in [-0.2, 0) is 6.42 Å². The van der Waals surface area contributed by atoms with Gasteiger partial charge in [-0.25, -0.2) is 0 Å². The van der Waals surface area contributed by atoms with Crippen molar-refractivity contribution < 1.29 is 4.42 Å². The Morgan fingerprint density at radius 1 is 1.19 bits per heavy atom. The number of hydrogen-bond donors (Lipinski definition) is 1. The molecule has 1 aromatic heterocycles. The third-order valence-electron chi connectivity index (χ3n) is 2.86. The van der Waals surface area contributed by atoms with E-state index >= 15 is 0 Å². The van der Waals surface area contributed by atoms with Gasteiger partial charge in [-0.1, -0.05) is 31.2 Å². The summed E-state index contributed by atoms with van der Waals surface area (Å²) in [6, 6.07) is 11.9. The molecular formula is C14H17NO. The van der Waals surface area contributed by atoms with E-state index in [-0.39, 0.29) is 6.04 Å². The van der Waals surface area contributed by atoms with Gasteiger partial charge in [0.15, 0.2) is 0 Å². The molecular weight excluding hydrogens is 198 g/mol. The Bertz CT molecular complexity index is 473. The van der Waals surface area contributed by atoms with Gasteiger partial charge in [0.05, 0.1) is 6.04 Å². The fourth-order valence-corrected chi connectivity index (χ4v) is 1.84. The molecule has 0 aliphatic rings. The van der Waals surface area contributed by atoms with E-state index in [0.29, 0.717) is 0 Å². The van der Waals surface area contributed by atoms with Crippen LogP contribution in [0.2, 0.25) is 0 Å². The van der Waals surface area contributed by atoms with E-state index in [1.807, 2.05) is 30.3 Å². The maximum atomic E-state index is 6.19. The first-order chi connectivity index (χ1) is 7.72. The number of nitrogens with two attached hydrogens (primary N) is 1. The van der Waals surface area contributed by atoms with Crippen LogP contribution >= 0.6 is 0 Å². The lowest BCUT2D eigenvalue weighted by Gasteiger charge is -2.11. The second kappa shape index (κ2) is 4.54. The molecule has 1 unspecified atom stereocenters. The van der Waals surface area contributed by atoms with Crippen molar-refractivity contribution >= 4 is 0 Å². The molecule has 0 saturated carbocycles. The van der Waals surface area contributed by atoms with Crippen LogP contribution in [0.1, 0.15) is 35.6 Å². The highest BCUT2D eigenvalue weighted by molar-refractivity contribution is 5.33. The molecule has 0 spiro atoms. The van der Waals surface area contributed by atoms with Crippen molar-refractivity contribution in [2.24, 2.45) is 5.73 Å². The normalized spacial score (nSPS) is 12.7. The fourth-order valence-electron chi connectivity index (χ4n) is 1.84. The van der Waals surface area contributed by atoms with Gasteiger partial charge in [-0.2, -0.15) is 0 Å². The summed E-state index contributed by atoms with van der Waals surface area (Å²) >= 11 is 0. The maximum absolute atomic E-state index is 6.19. The van der Waals surface area contributed by atoms with E-state index in [1.54, 1.807) is 0 Å². The summed E-state index contributed by atoms with van der Waals surface area (Å²) in [5, 5.41) is 0. The van der Waals surface area contributed by atoms with Crippen LogP contribution in [0.3, 0.4) is 0 Å². The summed E-state index contributed by atoms with van der Waals surface area (Å²) in [4.78, 5) is 0. The van der Waals surface area contributed by atoms with Crippen molar-refractivity contribution in [3.8, 4) is 0 Å². The van der Waals surface area contributed by atoms with Gasteiger partial charge < -0.3 is 10.2 Å². The van der Waals surface area contributed by atoms with Gasteiger partial charge in [0.2, 0.25) is 0 Å². The first kappa shape index (κ1) is 11.0. The first-order valence-electron chi connectivity index (χ1n) is 5.62. The highest BCUT2D eigenvalue weighted by atomic mass is 16.3. The van der Waals surface area contributed by atoms with Crippen LogP contribution in [0, 0.1) is 6.92 Å².